The Balaban J connectivity index is 1.77. The molecule has 0 saturated heterocycles. The lowest BCUT2D eigenvalue weighted by Gasteiger charge is -2.14. The van der Waals surface area contributed by atoms with Crippen molar-refractivity contribution in [1.82, 2.24) is 19.6 Å². The fraction of sp³-hybridized carbons (Fsp3) is 0.353. The van der Waals surface area contributed by atoms with E-state index in [0.717, 1.165) is 5.56 Å². The zero-order valence-electron chi connectivity index (χ0n) is 14.7. The van der Waals surface area contributed by atoms with E-state index < -0.39 is 0 Å². The highest BCUT2D eigenvalue weighted by atomic mass is 16.5. The van der Waals surface area contributed by atoms with Gasteiger partial charge in [-0.05, 0) is 38.5 Å². The van der Waals surface area contributed by atoms with Crippen LogP contribution in [0.15, 0.2) is 29.1 Å². The van der Waals surface area contributed by atoms with E-state index >= 15 is 0 Å². The van der Waals surface area contributed by atoms with Gasteiger partial charge < -0.3 is 14.8 Å². The number of methoxy groups -OCH3 is 1. The summed E-state index contributed by atoms with van der Waals surface area (Å²) in [5, 5.41) is 6.04. The van der Waals surface area contributed by atoms with Gasteiger partial charge in [-0.25, -0.2) is 4.98 Å². The van der Waals surface area contributed by atoms with Gasteiger partial charge in [0, 0.05) is 18.3 Å². The molecule has 1 aromatic carbocycles. The van der Waals surface area contributed by atoms with Gasteiger partial charge in [-0.3, -0.25) is 9.89 Å². The van der Waals surface area contributed by atoms with Gasteiger partial charge in [-0.15, -0.1) is 0 Å². The maximum absolute atomic E-state index is 11.9. The summed E-state index contributed by atoms with van der Waals surface area (Å²) in [4.78, 5) is 20.4. The molecule has 3 rings (SSSR count). The molecule has 0 amide bonds. The van der Waals surface area contributed by atoms with Gasteiger partial charge in [0.25, 0.3) is 11.3 Å². The van der Waals surface area contributed by atoms with Crippen molar-refractivity contribution in [3.05, 3.63) is 45.9 Å². The van der Waals surface area contributed by atoms with Crippen molar-refractivity contribution in [2.75, 3.05) is 12.4 Å². The lowest BCUT2D eigenvalue weighted by atomic mass is 10.2. The van der Waals surface area contributed by atoms with Crippen LogP contribution < -0.4 is 20.3 Å². The highest BCUT2D eigenvalue weighted by Crippen LogP contribution is 2.29. The largest absolute Gasteiger partial charge is 0.493 e. The third-order valence-electron chi connectivity index (χ3n) is 3.51. The Kier molecular flexibility index (Phi) is 4.60. The smallest absolute Gasteiger partial charge is 0.274 e. The normalized spacial score (nSPS) is 11.1. The van der Waals surface area contributed by atoms with Crippen LogP contribution in [0.1, 0.15) is 25.1 Å². The van der Waals surface area contributed by atoms with Crippen LogP contribution in [0.5, 0.6) is 11.5 Å². The van der Waals surface area contributed by atoms with E-state index in [2.05, 4.69) is 20.4 Å². The second kappa shape index (κ2) is 6.84. The summed E-state index contributed by atoms with van der Waals surface area (Å²) in [5.41, 5.74) is 1.43. The first-order valence-electron chi connectivity index (χ1n) is 8.00. The molecule has 0 radical (unpaired) electrons. The van der Waals surface area contributed by atoms with Gasteiger partial charge in [0.1, 0.15) is 0 Å². The van der Waals surface area contributed by atoms with Crippen molar-refractivity contribution in [3.8, 4) is 11.5 Å². The van der Waals surface area contributed by atoms with E-state index in [1.807, 2.05) is 32.0 Å². The molecule has 2 N–H and O–H groups in total. The second-order valence-corrected chi connectivity index (χ2v) is 5.95. The molecule has 2 heterocycles. The van der Waals surface area contributed by atoms with Crippen molar-refractivity contribution in [3.63, 3.8) is 0 Å². The summed E-state index contributed by atoms with van der Waals surface area (Å²) in [6.07, 6.45) is 0.0719. The maximum atomic E-state index is 11.9. The predicted molar refractivity (Wildman–Crippen MR) is 94.4 cm³/mol. The highest BCUT2D eigenvalue weighted by molar-refractivity contribution is 5.44. The van der Waals surface area contributed by atoms with Crippen molar-refractivity contribution >= 4 is 11.7 Å². The summed E-state index contributed by atoms with van der Waals surface area (Å²) in [6, 6.07) is 7.18. The molecule has 2 aromatic heterocycles. The molecule has 0 unspecified atom stereocenters. The molecule has 0 aliphatic heterocycles. The summed E-state index contributed by atoms with van der Waals surface area (Å²) >= 11 is 0. The monoisotopic (exact) mass is 343 g/mol. The van der Waals surface area contributed by atoms with Crippen molar-refractivity contribution in [2.24, 2.45) is 0 Å². The molecule has 0 spiro atoms. The van der Waals surface area contributed by atoms with E-state index in [1.165, 1.54) is 10.6 Å². The number of H-pyrrole nitrogens is 1. The Labute approximate surface area is 144 Å². The Hall–Kier alpha value is -3.03. The minimum atomic E-state index is -0.195. The predicted octanol–water partition coefficient (Wildman–Crippen LogP) is 2.13. The molecule has 132 valence electrons. The number of rotatable bonds is 6. The average molecular weight is 343 g/mol. The number of nitrogens with zero attached hydrogens (tertiary/aromatic N) is 3. The zero-order valence-corrected chi connectivity index (χ0v) is 14.7. The van der Waals surface area contributed by atoms with Crippen LogP contribution in [0.25, 0.3) is 5.78 Å². The lowest BCUT2D eigenvalue weighted by molar-refractivity contribution is 0.230. The molecule has 0 aliphatic carbocycles. The van der Waals surface area contributed by atoms with Crippen molar-refractivity contribution in [2.45, 2.75) is 33.4 Å². The van der Waals surface area contributed by atoms with E-state index in [4.69, 9.17) is 9.47 Å². The number of aromatic nitrogens is 4. The Morgan fingerprint density at radius 3 is 2.76 bits per heavy atom. The number of aryl methyl sites for hydroxylation is 1. The maximum Gasteiger partial charge on any atom is 0.274 e. The first kappa shape index (κ1) is 16.8. The summed E-state index contributed by atoms with van der Waals surface area (Å²) in [6.45, 7) is 6.20. The topological polar surface area (TPSA) is 93.5 Å². The molecule has 0 bridgehead atoms. The Morgan fingerprint density at radius 2 is 2.04 bits per heavy atom. The molecule has 0 fully saturated rings. The molecule has 0 saturated carbocycles. The molecule has 0 aliphatic rings. The van der Waals surface area contributed by atoms with Gasteiger partial charge in [-0.1, -0.05) is 6.07 Å². The van der Waals surface area contributed by atoms with Crippen LogP contribution in [-0.2, 0) is 6.54 Å². The van der Waals surface area contributed by atoms with E-state index in [1.54, 1.807) is 14.0 Å². The highest BCUT2D eigenvalue weighted by Gasteiger charge is 2.09. The zero-order chi connectivity index (χ0) is 18.0. The van der Waals surface area contributed by atoms with Crippen molar-refractivity contribution in [1.29, 1.82) is 0 Å². The number of aromatic amines is 1. The molecule has 0 atom stereocenters. The minimum Gasteiger partial charge on any atom is -0.493 e. The van der Waals surface area contributed by atoms with Gasteiger partial charge in [0.15, 0.2) is 11.5 Å². The fourth-order valence-corrected chi connectivity index (χ4v) is 2.43. The SMILES string of the molecule is COc1cc(CNc2nc3nc(C)cc(=O)n3[nH]2)ccc1OC(C)C. The summed E-state index contributed by atoms with van der Waals surface area (Å²) in [7, 11) is 1.61. The Morgan fingerprint density at radius 1 is 1.24 bits per heavy atom. The van der Waals surface area contributed by atoms with E-state index in [0.29, 0.717) is 35.5 Å². The lowest BCUT2D eigenvalue weighted by Crippen LogP contribution is -2.14. The first-order valence-corrected chi connectivity index (χ1v) is 8.00. The number of ether oxygens (including phenoxy) is 2. The van der Waals surface area contributed by atoms with Crippen LogP contribution in [0, 0.1) is 6.92 Å². The third-order valence-corrected chi connectivity index (χ3v) is 3.51. The average Bonchev–Trinajstić information content (AvgIpc) is 2.96. The van der Waals surface area contributed by atoms with Crippen LogP contribution in [-0.4, -0.2) is 32.8 Å². The van der Waals surface area contributed by atoms with Gasteiger partial charge >= 0.3 is 0 Å². The minimum absolute atomic E-state index is 0.0719. The molecule has 25 heavy (non-hydrogen) atoms. The first-order chi connectivity index (χ1) is 12.0. The number of fused-ring (bicyclic) bond motifs is 1. The molecule has 3 aromatic rings. The van der Waals surface area contributed by atoms with Crippen LogP contribution >= 0.6 is 0 Å². The van der Waals surface area contributed by atoms with Crippen molar-refractivity contribution < 1.29 is 9.47 Å². The summed E-state index contributed by atoms with van der Waals surface area (Å²) in [5.74, 6) is 2.18. The Bertz CT molecular complexity index is 945. The summed E-state index contributed by atoms with van der Waals surface area (Å²) < 4.78 is 12.4. The standard InChI is InChI=1S/C17H21N5O3/c1-10(2)25-13-6-5-12(8-14(13)24-4)9-18-16-20-17-19-11(3)7-15(23)22(17)21-16/h5-8,10H,9H2,1-4H3,(H2,18,19,20,21). The van der Waals surface area contributed by atoms with Crippen LogP contribution in [0.4, 0.5) is 5.95 Å². The van der Waals surface area contributed by atoms with Crippen LogP contribution in [0.2, 0.25) is 0 Å². The number of nitrogens with one attached hydrogen (secondary N) is 2. The van der Waals surface area contributed by atoms with E-state index in [-0.39, 0.29) is 11.7 Å². The molecule has 8 nitrogen and oxygen atoms in total. The third kappa shape index (κ3) is 3.73. The second-order valence-electron chi connectivity index (χ2n) is 5.95. The van der Waals surface area contributed by atoms with Crippen LogP contribution in [0.3, 0.4) is 0 Å². The molecular formula is C17H21N5O3. The number of hydrogen-bond donors (Lipinski definition) is 2. The quantitative estimate of drug-likeness (QED) is 0.712. The fourth-order valence-electron chi connectivity index (χ4n) is 2.43. The van der Waals surface area contributed by atoms with Gasteiger partial charge in [0.05, 0.1) is 13.2 Å². The molecule has 8 heteroatoms. The number of benzene rings is 1. The van der Waals surface area contributed by atoms with Gasteiger partial charge in [-0.2, -0.15) is 9.50 Å². The number of anilines is 1. The van der Waals surface area contributed by atoms with Gasteiger partial charge in [0.2, 0.25) is 5.95 Å². The van der Waals surface area contributed by atoms with E-state index in [9.17, 15) is 4.79 Å². The number of hydrogen-bond acceptors (Lipinski definition) is 6. The molecular weight excluding hydrogens is 322 g/mol.